The molecule has 3 aromatic rings. The number of rotatable bonds is 4. The molecule has 1 N–H and O–H groups in total. The van der Waals surface area contributed by atoms with Gasteiger partial charge in [0.1, 0.15) is 0 Å². The van der Waals surface area contributed by atoms with Crippen LogP contribution in [0, 0.1) is 10.1 Å². The fraction of sp³-hybridized carbons (Fsp3) is 0.188. The summed E-state index contributed by atoms with van der Waals surface area (Å²) in [6.45, 7) is 4.00. The molecule has 0 unspecified atom stereocenters. The van der Waals surface area contributed by atoms with Crippen LogP contribution in [0.2, 0.25) is 5.02 Å². The molecule has 3 rings (SSSR count). The van der Waals surface area contributed by atoms with Gasteiger partial charge < -0.3 is 5.32 Å². The van der Waals surface area contributed by atoms with Crippen LogP contribution in [0.3, 0.4) is 0 Å². The highest BCUT2D eigenvalue weighted by Crippen LogP contribution is 2.24. The molecular formula is C16H14ClN5O3. The molecule has 1 amide bonds. The summed E-state index contributed by atoms with van der Waals surface area (Å²) in [4.78, 5) is 26.8. The lowest BCUT2D eigenvalue weighted by Crippen LogP contribution is -2.13. The van der Waals surface area contributed by atoms with E-state index in [9.17, 15) is 14.9 Å². The van der Waals surface area contributed by atoms with Gasteiger partial charge in [0.05, 0.1) is 33.6 Å². The summed E-state index contributed by atoms with van der Waals surface area (Å²) in [6, 6.07) is 5.62. The second-order valence-electron chi connectivity index (χ2n) is 5.70. The smallest absolute Gasteiger partial charge is 0.270 e. The lowest BCUT2D eigenvalue weighted by atomic mass is 10.2. The van der Waals surface area contributed by atoms with E-state index < -0.39 is 10.8 Å². The molecular weight excluding hydrogens is 346 g/mol. The van der Waals surface area contributed by atoms with E-state index in [0.29, 0.717) is 5.69 Å². The summed E-state index contributed by atoms with van der Waals surface area (Å²) >= 11 is 5.97. The maximum Gasteiger partial charge on any atom is 0.270 e. The zero-order chi connectivity index (χ0) is 18.1. The second-order valence-corrected chi connectivity index (χ2v) is 6.10. The molecule has 0 saturated heterocycles. The quantitative estimate of drug-likeness (QED) is 0.563. The van der Waals surface area contributed by atoms with Crippen LogP contribution in [0.25, 0.3) is 11.0 Å². The molecule has 0 atom stereocenters. The van der Waals surface area contributed by atoms with E-state index in [2.05, 4.69) is 15.4 Å². The van der Waals surface area contributed by atoms with Crippen molar-refractivity contribution in [3.05, 3.63) is 57.4 Å². The first-order valence-electron chi connectivity index (χ1n) is 7.45. The monoisotopic (exact) mass is 359 g/mol. The number of anilines is 1. The predicted octanol–water partition coefficient (Wildman–Crippen LogP) is 3.83. The normalized spacial score (nSPS) is 11.0. The Kier molecular flexibility index (Phi) is 4.37. The van der Waals surface area contributed by atoms with E-state index in [0.717, 1.165) is 17.1 Å². The minimum Gasteiger partial charge on any atom is -0.321 e. The number of amides is 1. The highest BCUT2D eigenvalue weighted by molar-refractivity contribution is 6.34. The van der Waals surface area contributed by atoms with Crippen molar-refractivity contribution in [1.82, 2.24) is 14.8 Å². The number of carbonyl (C=O) groups is 1. The zero-order valence-corrected chi connectivity index (χ0v) is 14.2. The molecule has 0 aliphatic heterocycles. The first-order valence-corrected chi connectivity index (χ1v) is 7.83. The minimum atomic E-state index is -0.572. The molecule has 2 aromatic heterocycles. The van der Waals surface area contributed by atoms with Crippen molar-refractivity contribution >= 4 is 39.9 Å². The molecule has 0 saturated carbocycles. The molecule has 0 fully saturated rings. The Bertz CT molecular complexity index is 983. The Balaban J connectivity index is 1.86. The van der Waals surface area contributed by atoms with Crippen LogP contribution in [0.5, 0.6) is 0 Å². The van der Waals surface area contributed by atoms with Gasteiger partial charge in [0.15, 0.2) is 5.65 Å². The van der Waals surface area contributed by atoms with Gasteiger partial charge in [0.2, 0.25) is 0 Å². The fourth-order valence-electron chi connectivity index (χ4n) is 2.39. The number of aromatic nitrogens is 3. The number of fused-ring (bicyclic) bond motifs is 1. The van der Waals surface area contributed by atoms with Gasteiger partial charge in [-0.15, -0.1) is 0 Å². The summed E-state index contributed by atoms with van der Waals surface area (Å²) < 4.78 is 1.79. The van der Waals surface area contributed by atoms with Crippen molar-refractivity contribution in [2.45, 2.75) is 19.9 Å². The molecule has 25 heavy (non-hydrogen) atoms. The van der Waals surface area contributed by atoms with Crippen LogP contribution in [0.4, 0.5) is 11.4 Å². The van der Waals surface area contributed by atoms with Crippen molar-refractivity contribution in [2.75, 3.05) is 5.32 Å². The summed E-state index contributed by atoms with van der Waals surface area (Å²) in [6.07, 6.45) is 3.21. The van der Waals surface area contributed by atoms with Crippen molar-refractivity contribution < 1.29 is 9.72 Å². The topological polar surface area (TPSA) is 103 Å². The number of halogens is 1. The van der Waals surface area contributed by atoms with Crippen LogP contribution in [0.15, 0.2) is 36.7 Å². The van der Waals surface area contributed by atoms with E-state index in [4.69, 9.17) is 11.6 Å². The number of carbonyl (C=O) groups excluding carboxylic acids is 1. The molecule has 128 valence electrons. The van der Waals surface area contributed by atoms with Gasteiger partial charge in [-0.1, -0.05) is 11.6 Å². The second kappa shape index (κ2) is 6.48. The maximum atomic E-state index is 12.4. The van der Waals surface area contributed by atoms with E-state index in [1.165, 1.54) is 18.3 Å². The van der Waals surface area contributed by atoms with Crippen LogP contribution in [-0.4, -0.2) is 25.6 Å². The molecule has 1 aromatic carbocycles. The zero-order valence-electron chi connectivity index (χ0n) is 13.4. The van der Waals surface area contributed by atoms with Crippen LogP contribution >= 0.6 is 11.6 Å². The Morgan fingerprint density at radius 2 is 2.08 bits per heavy atom. The van der Waals surface area contributed by atoms with E-state index in [1.54, 1.807) is 16.9 Å². The Morgan fingerprint density at radius 1 is 1.32 bits per heavy atom. The minimum absolute atomic E-state index is 0.00775. The number of nitrogens with zero attached hydrogens (tertiary/aromatic N) is 4. The van der Waals surface area contributed by atoms with E-state index >= 15 is 0 Å². The van der Waals surface area contributed by atoms with Crippen molar-refractivity contribution in [3.63, 3.8) is 0 Å². The molecule has 0 spiro atoms. The average molecular weight is 360 g/mol. The van der Waals surface area contributed by atoms with Gasteiger partial charge in [-0.2, -0.15) is 5.10 Å². The highest BCUT2D eigenvalue weighted by Gasteiger charge is 2.16. The van der Waals surface area contributed by atoms with Gasteiger partial charge in [0.25, 0.3) is 11.6 Å². The first-order chi connectivity index (χ1) is 11.9. The molecule has 0 bridgehead atoms. The predicted molar refractivity (Wildman–Crippen MR) is 94.0 cm³/mol. The fourth-order valence-corrected chi connectivity index (χ4v) is 2.65. The van der Waals surface area contributed by atoms with Gasteiger partial charge in [-0.3, -0.25) is 14.9 Å². The van der Waals surface area contributed by atoms with Crippen LogP contribution in [0.1, 0.15) is 30.2 Å². The van der Waals surface area contributed by atoms with Gasteiger partial charge in [-0.25, -0.2) is 9.67 Å². The molecule has 0 aliphatic carbocycles. The Hall–Kier alpha value is -3.00. The molecule has 0 aliphatic rings. The Morgan fingerprint density at radius 3 is 2.72 bits per heavy atom. The number of pyridine rings is 1. The number of benzene rings is 1. The van der Waals surface area contributed by atoms with Crippen molar-refractivity contribution in [1.29, 1.82) is 0 Å². The third-order valence-corrected chi connectivity index (χ3v) is 3.90. The summed E-state index contributed by atoms with van der Waals surface area (Å²) in [7, 11) is 0. The third kappa shape index (κ3) is 3.29. The molecule has 2 heterocycles. The Labute approximate surface area is 147 Å². The van der Waals surface area contributed by atoms with Crippen LogP contribution in [-0.2, 0) is 0 Å². The SMILES string of the molecule is CC(C)n1ncc2cc(NC(=O)c3ccc([N+](=O)[O-])cc3Cl)cnc21. The standard InChI is InChI=1S/C16H14ClN5O3/c1-9(2)21-15-10(7-19-21)5-11(8-18-15)20-16(23)13-4-3-12(22(24)25)6-14(13)17/h3-9H,1-2H3,(H,20,23). The van der Waals surface area contributed by atoms with Crippen LogP contribution < -0.4 is 5.32 Å². The number of hydrogen-bond donors (Lipinski definition) is 1. The van der Waals surface area contributed by atoms with E-state index in [1.807, 2.05) is 13.8 Å². The maximum absolute atomic E-state index is 12.4. The largest absolute Gasteiger partial charge is 0.321 e. The molecule has 0 radical (unpaired) electrons. The number of nitro benzene ring substituents is 1. The van der Waals surface area contributed by atoms with E-state index in [-0.39, 0.29) is 22.3 Å². The van der Waals surface area contributed by atoms with Gasteiger partial charge in [0, 0.05) is 23.6 Å². The number of nitro groups is 1. The summed E-state index contributed by atoms with van der Waals surface area (Å²) in [5.41, 5.74) is 1.17. The lowest BCUT2D eigenvalue weighted by Gasteiger charge is -2.08. The molecule has 8 nitrogen and oxygen atoms in total. The first kappa shape index (κ1) is 16.8. The summed E-state index contributed by atoms with van der Waals surface area (Å²) in [5, 5.41) is 18.5. The van der Waals surface area contributed by atoms with Gasteiger partial charge in [-0.05, 0) is 26.0 Å². The lowest BCUT2D eigenvalue weighted by molar-refractivity contribution is -0.384. The summed E-state index contributed by atoms with van der Waals surface area (Å²) in [5.74, 6) is -0.475. The molecule has 9 heteroatoms. The third-order valence-electron chi connectivity index (χ3n) is 3.59. The number of nitrogens with one attached hydrogen (secondary N) is 1. The average Bonchev–Trinajstić information content (AvgIpc) is 2.97. The van der Waals surface area contributed by atoms with Gasteiger partial charge >= 0.3 is 0 Å². The van der Waals surface area contributed by atoms with Crippen molar-refractivity contribution in [3.8, 4) is 0 Å². The number of non-ortho nitro benzene ring substituents is 1. The van der Waals surface area contributed by atoms with Crippen molar-refractivity contribution in [2.24, 2.45) is 0 Å². The number of hydrogen-bond acceptors (Lipinski definition) is 5. The highest BCUT2D eigenvalue weighted by atomic mass is 35.5.